The summed E-state index contributed by atoms with van der Waals surface area (Å²) in [5.41, 5.74) is 0.392. The molecule has 5 heteroatoms. The van der Waals surface area contributed by atoms with Gasteiger partial charge in [-0.3, -0.25) is 4.79 Å². The van der Waals surface area contributed by atoms with E-state index in [-0.39, 0.29) is 11.1 Å². The summed E-state index contributed by atoms with van der Waals surface area (Å²) in [6.45, 7) is 4.97. The lowest BCUT2D eigenvalue weighted by Gasteiger charge is -2.31. The van der Waals surface area contributed by atoms with Gasteiger partial charge in [-0.25, -0.2) is 0 Å². The number of likely N-dealkylation sites (N-methyl/N-ethyl adjacent to an activating group) is 1. The highest BCUT2D eigenvalue weighted by atomic mass is 35.5. The first kappa shape index (κ1) is 16.1. The molecular weight excluding hydrogens is 264 g/mol. The van der Waals surface area contributed by atoms with Gasteiger partial charge in [0, 0.05) is 12.6 Å². The second-order valence-corrected chi connectivity index (χ2v) is 5.27. The van der Waals surface area contributed by atoms with Crippen LogP contribution in [0.2, 0.25) is 5.22 Å². The van der Waals surface area contributed by atoms with Crippen LogP contribution in [0, 0.1) is 5.92 Å². The number of carbonyl (C=O) groups excluding carboxylic acids is 1. The molecule has 108 valence electrons. The summed E-state index contributed by atoms with van der Waals surface area (Å²) in [5.74, 6) is 0.381. The van der Waals surface area contributed by atoms with Crippen LogP contribution in [0.3, 0.4) is 0 Å². The van der Waals surface area contributed by atoms with E-state index in [4.69, 9.17) is 16.0 Å². The molecule has 0 aliphatic rings. The second-order valence-electron chi connectivity index (χ2n) is 4.93. The number of amides is 1. The molecule has 0 radical (unpaired) electrons. The Morgan fingerprint density at radius 1 is 1.42 bits per heavy atom. The van der Waals surface area contributed by atoms with Crippen molar-refractivity contribution < 1.29 is 9.21 Å². The minimum absolute atomic E-state index is 0.140. The van der Waals surface area contributed by atoms with Crippen molar-refractivity contribution >= 4 is 17.5 Å². The summed E-state index contributed by atoms with van der Waals surface area (Å²) in [5, 5.41) is 3.07. The number of rotatable bonds is 7. The fourth-order valence-corrected chi connectivity index (χ4v) is 2.55. The van der Waals surface area contributed by atoms with E-state index in [0.717, 1.165) is 12.8 Å². The number of hydrogen-bond acceptors (Lipinski definition) is 3. The van der Waals surface area contributed by atoms with Gasteiger partial charge in [0.25, 0.3) is 5.91 Å². The predicted molar refractivity (Wildman–Crippen MR) is 77.6 cm³/mol. The molecule has 0 aromatic carbocycles. The number of furan rings is 1. The Labute approximate surface area is 120 Å². The third-order valence-electron chi connectivity index (χ3n) is 3.59. The van der Waals surface area contributed by atoms with E-state index in [0.29, 0.717) is 24.1 Å². The van der Waals surface area contributed by atoms with Crippen LogP contribution < -0.4 is 5.32 Å². The molecule has 0 fully saturated rings. The molecule has 1 rings (SSSR count). The monoisotopic (exact) mass is 286 g/mol. The molecule has 0 aliphatic heterocycles. The first-order chi connectivity index (χ1) is 9.01. The van der Waals surface area contributed by atoms with E-state index in [9.17, 15) is 4.79 Å². The van der Waals surface area contributed by atoms with Crippen molar-refractivity contribution in [1.29, 1.82) is 0 Å². The van der Waals surface area contributed by atoms with Crippen LogP contribution in [0.1, 0.15) is 37.0 Å². The molecule has 4 nitrogen and oxygen atoms in total. The number of nitrogens with zero attached hydrogens (tertiary/aromatic N) is 1. The van der Waals surface area contributed by atoms with Crippen LogP contribution in [-0.2, 0) is 0 Å². The maximum atomic E-state index is 12.0. The Kier molecular flexibility index (Phi) is 6.38. The maximum absolute atomic E-state index is 12.0. The van der Waals surface area contributed by atoms with E-state index in [2.05, 4.69) is 24.1 Å². The summed E-state index contributed by atoms with van der Waals surface area (Å²) in [6.07, 6.45) is 3.62. The van der Waals surface area contributed by atoms with E-state index >= 15 is 0 Å². The van der Waals surface area contributed by atoms with Crippen LogP contribution in [0.25, 0.3) is 0 Å². The standard InChI is InChI=1S/C14H23ClN2O2/c1-5-10(6-2)12(17(3)4)9-16-14(18)11-7-8-19-13(11)15/h7-8,10,12H,5-6,9H2,1-4H3,(H,16,18). The molecule has 1 aromatic heterocycles. The minimum Gasteiger partial charge on any atom is -0.452 e. The molecule has 19 heavy (non-hydrogen) atoms. The van der Waals surface area contributed by atoms with Gasteiger partial charge in [0.05, 0.1) is 11.8 Å². The quantitative estimate of drug-likeness (QED) is 0.838. The third-order valence-corrected chi connectivity index (χ3v) is 3.88. The maximum Gasteiger partial charge on any atom is 0.256 e. The molecule has 0 aliphatic carbocycles. The fourth-order valence-electron chi connectivity index (χ4n) is 2.35. The highest BCUT2D eigenvalue weighted by Gasteiger charge is 2.22. The van der Waals surface area contributed by atoms with Crippen molar-refractivity contribution in [2.45, 2.75) is 32.7 Å². The van der Waals surface area contributed by atoms with Crippen LogP contribution >= 0.6 is 11.6 Å². The molecule has 1 atom stereocenters. The highest BCUT2D eigenvalue weighted by molar-refractivity contribution is 6.32. The van der Waals surface area contributed by atoms with E-state index in [1.54, 1.807) is 6.07 Å². The van der Waals surface area contributed by atoms with E-state index in [1.807, 2.05) is 14.1 Å². The molecule has 1 unspecified atom stereocenters. The lowest BCUT2D eigenvalue weighted by Crippen LogP contribution is -2.44. The Bertz CT molecular complexity index is 400. The molecule has 0 saturated heterocycles. The zero-order chi connectivity index (χ0) is 14.4. The molecule has 0 spiro atoms. The van der Waals surface area contributed by atoms with Gasteiger partial charge in [-0.05, 0) is 37.7 Å². The van der Waals surface area contributed by atoms with Gasteiger partial charge in [-0.1, -0.05) is 26.7 Å². The van der Waals surface area contributed by atoms with Crippen molar-refractivity contribution in [3.05, 3.63) is 23.1 Å². The normalized spacial score (nSPS) is 13.0. The minimum atomic E-state index is -0.184. The van der Waals surface area contributed by atoms with Crippen molar-refractivity contribution in [3.63, 3.8) is 0 Å². The summed E-state index contributed by atoms with van der Waals surface area (Å²) in [6, 6.07) is 1.91. The van der Waals surface area contributed by atoms with Gasteiger partial charge in [0.2, 0.25) is 5.22 Å². The zero-order valence-corrected chi connectivity index (χ0v) is 12.8. The first-order valence-electron chi connectivity index (χ1n) is 6.68. The van der Waals surface area contributed by atoms with Gasteiger partial charge in [0.1, 0.15) is 0 Å². The predicted octanol–water partition coefficient (Wildman–Crippen LogP) is 3.03. The molecule has 0 saturated carbocycles. The summed E-state index contributed by atoms with van der Waals surface area (Å²) >= 11 is 5.79. The lowest BCUT2D eigenvalue weighted by atomic mass is 9.93. The van der Waals surface area contributed by atoms with Crippen LogP contribution in [0.15, 0.2) is 16.7 Å². The number of hydrogen-bond donors (Lipinski definition) is 1. The smallest absolute Gasteiger partial charge is 0.256 e. The van der Waals surface area contributed by atoms with Crippen molar-refractivity contribution in [2.75, 3.05) is 20.6 Å². The topological polar surface area (TPSA) is 45.5 Å². The number of nitrogens with one attached hydrogen (secondary N) is 1. The molecule has 1 aromatic rings. The average Bonchev–Trinajstić information content (AvgIpc) is 2.80. The van der Waals surface area contributed by atoms with Crippen LogP contribution in [-0.4, -0.2) is 37.5 Å². The number of carbonyl (C=O) groups is 1. The summed E-state index contributed by atoms with van der Waals surface area (Å²) in [7, 11) is 4.08. The number of halogens is 1. The van der Waals surface area contributed by atoms with Gasteiger partial charge in [-0.15, -0.1) is 0 Å². The van der Waals surface area contributed by atoms with Crippen LogP contribution in [0.5, 0.6) is 0 Å². The SMILES string of the molecule is CCC(CC)C(CNC(=O)c1ccoc1Cl)N(C)C. The fraction of sp³-hybridized carbons (Fsp3) is 0.643. The van der Waals surface area contributed by atoms with Crippen molar-refractivity contribution in [1.82, 2.24) is 10.2 Å². The van der Waals surface area contributed by atoms with Gasteiger partial charge in [-0.2, -0.15) is 0 Å². The molecule has 1 heterocycles. The first-order valence-corrected chi connectivity index (χ1v) is 7.06. The summed E-state index contributed by atoms with van der Waals surface area (Å²) in [4.78, 5) is 14.1. The van der Waals surface area contributed by atoms with Crippen molar-refractivity contribution in [3.8, 4) is 0 Å². The third kappa shape index (κ3) is 4.25. The Hall–Kier alpha value is -1.00. The Morgan fingerprint density at radius 3 is 2.47 bits per heavy atom. The molecule has 0 bridgehead atoms. The van der Waals surface area contributed by atoms with Gasteiger partial charge in [0.15, 0.2) is 0 Å². The zero-order valence-electron chi connectivity index (χ0n) is 12.1. The summed E-state index contributed by atoms with van der Waals surface area (Å²) < 4.78 is 4.92. The average molecular weight is 287 g/mol. The largest absolute Gasteiger partial charge is 0.452 e. The van der Waals surface area contributed by atoms with E-state index in [1.165, 1.54) is 6.26 Å². The highest BCUT2D eigenvalue weighted by Crippen LogP contribution is 2.18. The Morgan fingerprint density at radius 2 is 2.05 bits per heavy atom. The van der Waals surface area contributed by atoms with Crippen LogP contribution in [0.4, 0.5) is 0 Å². The molecule has 1 N–H and O–H groups in total. The molecular formula is C14H23ClN2O2. The molecule has 1 amide bonds. The van der Waals surface area contributed by atoms with Crippen molar-refractivity contribution in [2.24, 2.45) is 5.92 Å². The van der Waals surface area contributed by atoms with Gasteiger partial charge < -0.3 is 14.6 Å². The Balaban J connectivity index is 2.62. The van der Waals surface area contributed by atoms with E-state index < -0.39 is 0 Å². The van der Waals surface area contributed by atoms with Gasteiger partial charge >= 0.3 is 0 Å². The second kappa shape index (κ2) is 7.56. The lowest BCUT2D eigenvalue weighted by molar-refractivity contribution is 0.0928.